The van der Waals surface area contributed by atoms with Gasteiger partial charge in [0.25, 0.3) is 0 Å². The molecule has 0 heterocycles. The van der Waals surface area contributed by atoms with Crippen LogP contribution in [0, 0.1) is 13.8 Å². The van der Waals surface area contributed by atoms with E-state index in [0.29, 0.717) is 6.04 Å². The van der Waals surface area contributed by atoms with Gasteiger partial charge in [0.1, 0.15) is 0 Å². The summed E-state index contributed by atoms with van der Waals surface area (Å²) in [7, 11) is 0. The van der Waals surface area contributed by atoms with Crippen molar-refractivity contribution < 1.29 is 9.90 Å². The zero-order chi connectivity index (χ0) is 13.5. The van der Waals surface area contributed by atoms with Crippen LogP contribution in [0.25, 0.3) is 0 Å². The number of rotatable bonds is 7. The number of aryl methyl sites for hydroxylation is 1. The van der Waals surface area contributed by atoms with Gasteiger partial charge in [0.15, 0.2) is 0 Å². The molecule has 0 spiro atoms. The molecular formula is C15H23NO2. The highest BCUT2D eigenvalue weighted by molar-refractivity contribution is 5.66. The summed E-state index contributed by atoms with van der Waals surface area (Å²) >= 11 is 0. The maximum absolute atomic E-state index is 10.4. The molecule has 0 aliphatic rings. The molecule has 3 heteroatoms. The Kier molecular flexibility index (Phi) is 5.86. The van der Waals surface area contributed by atoms with Crippen molar-refractivity contribution in [2.45, 2.75) is 46.1 Å². The lowest BCUT2D eigenvalue weighted by Gasteiger charge is -2.17. The molecule has 1 unspecified atom stereocenters. The third-order valence-corrected chi connectivity index (χ3v) is 3.38. The number of hydrogen-bond acceptors (Lipinski definition) is 2. The minimum atomic E-state index is -0.711. The van der Waals surface area contributed by atoms with E-state index in [9.17, 15) is 4.79 Å². The van der Waals surface area contributed by atoms with Crippen molar-refractivity contribution in [3.63, 3.8) is 0 Å². The Labute approximate surface area is 109 Å². The fourth-order valence-corrected chi connectivity index (χ4v) is 2.07. The van der Waals surface area contributed by atoms with Crippen molar-refractivity contribution in [3.8, 4) is 0 Å². The summed E-state index contributed by atoms with van der Waals surface area (Å²) in [4.78, 5) is 10.4. The number of carbonyl (C=O) groups is 1. The van der Waals surface area contributed by atoms with Crippen LogP contribution < -0.4 is 5.32 Å². The summed E-state index contributed by atoms with van der Waals surface area (Å²) in [6.45, 7) is 7.28. The normalized spacial score (nSPS) is 12.4. The predicted molar refractivity (Wildman–Crippen MR) is 73.8 cm³/mol. The second-order valence-electron chi connectivity index (χ2n) is 4.82. The van der Waals surface area contributed by atoms with Crippen molar-refractivity contribution in [1.29, 1.82) is 0 Å². The van der Waals surface area contributed by atoms with Gasteiger partial charge in [-0.2, -0.15) is 0 Å². The van der Waals surface area contributed by atoms with E-state index < -0.39 is 5.97 Å². The average Bonchev–Trinajstić information content (AvgIpc) is 2.31. The summed E-state index contributed by atoms with van der Waals surface area (Å²) in [5.41, 5.74) is 3.98. The SMILES string of the molecule is Cc1cccc(C(C)NCCCCC(=O)O)c1C. The molecule has 0 bridgehead atoms. The monoisotopic (exact) mass is 249 g/mol. The molecule has 0 aromatic heterocycles. The Bertz CT molecular complexity index is 401. The van der Waals surface area contributed by atoms with Crippen molar-refractivity contribution >= 4 is 5.97 Å². The summed E-state index contributed by atoms with van der Waals surface area (Å²) in [6, 6.07) is 6.67. The van der Waals surface area contributed by atoms with E-state index in [2.05, 4.69) is 44.3 Å². The van der Waals surface area contributed by atoms with E-state index in [4.69, 9.17) is 5.11 Å². The molecule has 1 aromatic carbocycles. The van der Waals surface area contributed by atoms with Gasteiger partial charge in [-0.15, -0.1) is 0 Å². The number of nitrogens with one attached hydrogen (secondary N) is 1. The lowest BCUT2D eigenvalue weighted by atomic mass is 9.98. The van der Waals surface area contributed by atoms with Crippen LogP contribution in [-0.2, 0) is 4.79 Å². The zero-order valence-electron chi connectivity index (χ0n) is 11.5. The molecule has 0 fully saturated rings. The van der Waals surface area contributed by atoms with Crippen LogP contribution in [0.1, 0.15) is 48.9 Å². The summed E-state index contributed by atoms with van der Waals surface area (Å²) in [5.74, 6) is -0.711. The Morgan fingerprint density at radius 3 is 2.72 bits per heavy atom. The molecule has 0 saturated carbocycles. The van der Waals surface area contributed by atoms with Crippen LogP contribution in [0.3, 0.4) is 0 Å². The number of hydrogen-bond donors (Lipinski definition) is 2. The number of carboxylic acid groups (broad SMARTS) is 1. The molecule has 0 radical (unpaired) electrons. The molecule has 0 aliphatic carbocycles. The fraction of sp³-hybridized carbons (Fsp3) is 0.533. The maximum Gasteiger partial charge on any atom is 0.303 e. The van der Waals surface area contributed by atoms with Gasteiger partial charge in [-0.1, -0.05) is 18.2 Å². The first-order valence-corrected chi connectivity index (χ1v) is 6.53. The highest BCUT2D eigenvalue weighted by atomic mass is 16.4. The molecule has 1 rings (SSSR count). The van der Waals surface area contributed by atoms with Gasteiger partial charge in [0, 0.05) is 12.5 Å². The van der Waals surface area contributed by atoms with Crippen molar-refractivity contribution in [2.24, 2.45) is 0 Å². The molecule has 1 atom stereocenters. The Morgan fingerprint density at radius 2 is 2.06 bits per heavy atom. The van der Waals surface area contributed by atoms with Crippen molar-refractivity contribution in [1.82, 2.24) is 5.32 Å². The quantitative estimate of drug-likeness (QED) is 0.729. The van der Waals surface area contributed by atoms with E-state index >= 15 is 0 Å². The summed E-state index contributed by atoms with van der Waals surface area (Å²) in [6.07, 6.45) is 1.91. The van der Waals surface area contributed by atoms with Crippen molar-refractivity contribution in [2.75, 3.05) is 6.54 Å². The molecule has 1 aromatic rings. The Balaban J connectivity index is 2.38. The maximum atomic E-state index is 10.4. The van der Waals surface area contributed by atoms with Gasteiger partial charge in [-0.05, 0) is 56.8 Å². The number of unbranched alkanes of at least 4 members (excludes halogenated alkanes) is 1. The largest absolute Gasteiger partial charge is 0.481 e. The van der Waals surface area contributed by atoms with Gasteiger partial charge in [0.05, 0.1) is 0 Å². The highest BCUT2D eigenvalue weighted by Crippen LogP contribution is 2.19. The Morgan fingerprint density at radius 1 is 1.33 bits per heavy atom. The van der Waals surface area contributed by atoms with E-state index in [1.165, 1.54) is 16.7 Å². The Hall–Kier alpha value is -1.35. The number of aliphatic carboxylic acids is 1. The van der Waals surface area contributed by atoms with Crippen LogP contribution in [0.4, 0.5) is 0 Å². The van der Waals surface area contributed by atoms with Crippen LogP contribution >= 0.6 is 0 Å². The molecule has 3 nitrogen and oxygen atoms in total. The van der Waals surface area contributed by atoms with Gasteiger partial charge in [-0.25, -0.2) is 0 Å². The summed E-state index contributed by atoms with van der Waals surface area (Å²) in [5, 5.41) is 12.0. The van der Waals surface area contributed by atoms with E-state index in [1.807, 2.05) is 0 Å². The van der Waals surface area contributed by atoms with Crippen LogP contribution in [0.5, 0.6) is 0 Å². The number of benzene rings is 1. The van der Waals surface area contributed by atoms with E-state index in [-0.39, 0.29) is 6.42 Å². The van der Waals surface area contributed by atoms with Gasteiger partial charge in [0.2, 0.25) is 0 Å². The first-order chi connectivity index (χ1) is 8.52. The molecule has 0 amide bonds. The van der Waals surface area contributed by atoms with E-state index in [0.717, 1.165) is 19.4 Å². The molecule has 0 aliphatic heterocycles. The number of carboxylic acids is 1. The fourth-order valence-electron chi connectivity index (χ4n) is 2.07. The highest BCUT2D eigenvalue weighted by Gasteiger charge is 2.08. The first-order valence-electron chi connectivity index (χ1n) is 6.53. The van der Waals surface area contributed by atoms with Crippen LogP contribution in [0.2, 0.25) is 0 Å². The smallest absolute Gasteiger partial charge is 0.303 e. The summed E-state index contributed by atoms with van der Waals surface area (Å²) < 4.78 is 0. The average molecular weight is 249 g/mol. The van der Waals surface area contributed by atoms with Gasteiger partial charge in [-0.3, -0.25) is 4.79 Å². The molecule has 100 valence electrons. The minimum absolute atomic E-state index is 0.263. The molecular weight excluding hydrogens is 226 g/mol. The second-order valence-corrected chi connectivity index (χ2v) is 4.82. The lowest BCUT2D eigenvalue weighted by Crippen LogP contribution is -2.21. The predicted octanol–water partition coefficient (Wildman–Crippen LogP) is 3.21. The molecule has 18 heavy (non-hydrogen) atoms. The molecule has 0 saturated heterocycles. The lowest BCUT2D eigenvalue weighted by molar-refractivity contribution is -0.137. The van der Waals surface area contributed by atoms with Gasteiger partial charge >= 0.3 is 5.97 Å². The topological polar surface area (TPSA) is 49.3 Å². The van der Waals surface area contributed by atoms with Gasteiger partial charge < -0.3 is 10.4 Å². The van der Waals surface area contributed by atoms with Crippen LogP contribution in [0.15, 0.2) is 18.2 Å². The van der Waals surface area contributed by atoms with E-state index in [1.54, 1.807) is 0 Å². The minimum Gasteiger partial charge on any atom is -0.481 e. The third kappa shape index (κ3) is 4.49. The van der Waals surface area contributed by atoms with Crippen LogP contribution in [-0.4, -0.2) is 17.6 Å². The standard InChI is InChI=1S/C15H23NO2/c1-11-7-6-8-14(12(11)2)13(3)16-10-5-4-9-15(17)18/h6-8,13,16H,4-5,9-10H2,1-3H3,(H,17,18). The van der Waals surface area contributed by atoms with Crippen molar-refractivity contribution in [3.05, 3.63) is 34.9 Å². The zero-order valence-corrected chi connectivity index (χ0v) is 11.5. The first kappa shape index (κ1) is 14.7. The second kappa shape index (κ2) is 7.17. The molecule has 2 N–H and O–H groups in total. The third-order valence-electron chi connectivity index (χ3n) is 3.38.